The molecule has 0 N–H and O–H groups in total. The standard InChI is InChI=1S/C31H43.C12H9Si.2ClH.Zr/c1-12-20(2)22-15-21-13-14-27(31(9,10)11)28(26(21)18-22)23-16-24(29(3,4)5)19-25(17-23)30(6,7)8;1-3-7-11-9(5-1)10-6-2-4-8-12(10)13-11;;;/h13-20H,12H2,1-11H3;1-7H,13H2;2*1H;/q;;;;+2/p-2. The summed E-state index contributed by atoms with van der Waals surface area (Å²) in [5, 5.41) is 3.01. The second-order valence-corrected chi connectivity index (χ2v) is 33.0. The Balaban J connectivity index is 1.63. The van der Waals surface area contributed by atoms with Crippen LogP contribution in [-0.4, -0.2) is 9.52 Å². The Labute approximate surface area is 298 Å². The van der Waals surface area contributed by atoms with E-state index in [-0.39, 0.29) is 19.9 Å². The van der Waals surface area contributed by atoms with Crippen LogP contribution >= 0.6 is 17.0 Å². The van der Waals surface area contributed by atoms with Crippen LogP contribution < -0.4 is 13.6 Å². The zero-order chi connectivity index (χ0) is 34.3. The number of benzene rings is 4. The Kier molecular flexibility index (Phi) is 9.17. The van der Waals surface area contributed by atoms with Crippen molar-refractivity contribution in [3.05, 3.63) is 106 Å². The van der Waals surface area contributed by atoms with Gasteiger partial charge in [-0.3, -0.25) is 0 Å². The molecule has 2 atom stereocenters. The molecule has 0 spiro atoms. The first-order valence-electron chi connectivity index (χ1n) is 17.5. The van der Waals surface area contributed by atoms with Crippen LogP contribution in [0.5, 0.6) is 0 Å². The Morgan fingerprint density at radius 1 is 0.745 bits per heavy atom. The van der Waals surface area contributed by atoms with Gasteiger partial charge in [0.1, 0.15) is 0 Å². The average molecular weight is 759 g/mol. The molecule has 0 fully saturated rings. The Morgan fingerprint density at radius 3 is 1.96 bits per heavy atom. The first kappa shape index (κ1) is 35.1. The van der Waals surface area contributed by atoms with Crippen molar-refractivity contribution in [2.24, 2.45) is 5.92 Å². The first-order valence-corrected chi connectivity index (χ1v) is 27.9. The molecule has 4 aromatic carbocycles. The maximum absolute atomic E-state index is 8.07. The van der Waals surface area contributed by atoms with Crippen molar-refractivity contribution in [3.63, 3.8) is 0 Å². The number of fused-ring (bicyclic) bond motifs is 4. The van der Waals surface area contributed by atoms with Gasteiger partial charge in [-0.05, 0) is 0 Å². The molecule has 0 radical (unpaired) electrons. The molecule has 246 valence electrons. The average Bonchev–Trinajstić information content (AvgIpc) is 3.58. The summed E-state index contributed by atoms with van der Waals surface area (Å²) < 4.78 is 1.38. The van der Waals surface area contributed by atoms with E-state index in [1.165, 1.54) is 69.3 Å². The summed E-state index contributed by atoms with van der Waals surface area (Å²) in [7, 11) is 15.5. The second kappa shape index (κ2) is 12.3. The summed E-state index contributed by atoms with van der Waals surface area (Å²) in [6.45, 7) is 25.7. The zero-order valence-electron chi connectivity index (χ0n) is 30.3. The predicted molar refractivity (Wildman–Crippen MR) is 209 cm³/mol. The Morgan fingerprint density at radius 2 is 1.36 bits per heavy atom. The van der Waals surface area contributed by atoms with E-state index in [0.717, 1.165) is 6.42 Å². The molecule has 0 nitrogen and oxygen atoms in total. The van der Waals surface area contributed by atoms with E-state index in [2.05, 4.69) is 155 Å². The maximum atomic E-state index is 8.07. The van der Waals surface area contributed by atoms with Gasteiger partial charge in [0.2, 0.25) is 0 Å². The van der Waals surface area contributed by atoms with Crippen LogP contribution in [0.4, 0.5) is 0 Å². The topological polar surface area (TPSA) is 0 Å². The van der Waals surface area contributed by atoms with Crippen molar-refractivity contribution in [2.45, 2.75) is 102 Å². The van der Waals surface area contributed by atoms with Gasteiger partial charge >= 0.3 is 301 Å². The van der Waals surface area contributed by atoms with Gasteiger partial charge in [0.05, 0.1) is 0 Å². The summed E-state index contributed by atoms with van der Waals surface area (Å²) in [5.41, 5.74) is 13.7. The molecule has 1 aliphatic heterocycles. The minimum atomic E-state index is -4.11. The summed E-state index contributed by atoms with van der Waals surface area (Å²) in [4.78, 5) is 0. The molecule has 2 unspecified atom stereocenters. The van der Waals surface area contributed by atoms with E-state index < -0.39 is 27.4 Å². The van der Waals surface area contributed by atoms with Crippen molar-refractivity contribution in [3.8, 4) is 22.3 Å². The molecule has 0 aromatic heterocycles. The summed E-state index contributed by atoms with van der Waals surface area (Å²) in [6, 6.07) is 27.9. The molecule has 0 bridgehead atoms. The van der Waals surface area contributed by atoms with Gasteiger partial charge in [0.15, 0.2) is 0 Å². The molecular formula is C43H52Cl2SiZr. The van der Waals surface area contributed by atoms with Gasteiger partial charge in [0, 0.05) is 0 Å². The van der Waals surface area contributed by atoms with Crippen LogP contribution in [0.2, 0.25) is 0 Å². The quantitative estimate of drug-likeness (QED) is 0.157. The molecule has 1 heterocycles. The first-order chi connectivity index (χ1) is 21.8. The summed E-state index contributed by atoms with van der Waals surface area (Å²) in [5.74, 6) is 0.393. The van der Waals surface area contributed by atoms with Gasteiger partial charge in [-0.2, -0.15) is 0 Å². The normalized spacial score (nSPS) is 17.4. The van der Waals surface area contributed by atoms with Gasteiger partial charge in [-0.1, -0.05) is 0 Å². The SMILES string of the molecule is CCC(C)C1=Cc2c(ccc(C(C)(C)C)c2-c2cc(C(C)(C)C)cc(C(C)(C)C)c2)[CH]1[Zr]([Cl])([Cl])[c]1cccc2c1[SiH2]c1ccccc1-2. The van der Waals surface area contributed by atoms with Crippen molar-refractivity contribution in [2.75, 3.05) is 0 Å². The van der Waals surface area contributed by atoms with Gasteiger partial charge < -0.3 is 0 Å². The van der Waals surface area contributed by atoms with Crippen LogP contribution in [0.1, 0.15) is 114 Å². The van der Waals surface area contributed by atoms with Gasteiger partial charge in [-0.25, -0.2) is 0 Å². The Hall–Kier alpha value is -1.70. The van der Waals surface area contributed by atoms with Crippen molar-refractivity contribution in [1.29, 1.82) is 0 Å². The fourth-order valence-electron chi connectivity index (χ4n) is 7.74. The second-order valence-electron chi connectivity index (χ2n) is 17.2. The molecule has 4 heteroatoms. The third-order valence-electron chi connectivity index (χ3n) is 10.8. The molecular weight excluding hydrogens is 707 g/mol. The Bertz CT molecular complexity index is 1860. The van der Waals surface area contributed by atoms with E-state index in [1.54, 1.807) is 0 Å². The fraction of sp³-hybridized carbons (Fsp3) is 0.395. The molecule has 47 heavy (non-hydrogen) atoms. The molecule has 2 aliphatic rings. The van der Waals surface area contributed by atoms with Crippen LogP contribution in [0.25, 0.3) is 28.3 Å². The third-order valence-corrected chi connectivity index (χ3v) is 25.0. The van der Waals surface area contributed by atoms with Gasteiger partial charge in [0.25, 0.3) is 0 Å². The zero-order valence-corrected chi connectivity index (χ0v) is 35.7. The van der Waals surface area contributed by atoms with E-state index in [9.17, 15) is 0 Å². The van der Waals surface area contributed by atoms with Gasteiger partial charge in [-0.15, -0.1) is 0 Å². The van der Waals surface area contributed by atoms with E-state index in [4.69, 9.17) is 17.0 Å². The molecule has 6 rings (SSSR count). The molecule has 0 saturated carbocycles. The van der Waals surface area contributed by atoms with Crippen LogP contribution in [0, 0.1) is 5.92 Å². The molecule has 0 amide bonds. The number of allylic oxidation sites excluding steroid dienone is 1. The van der Waals surface area contributed by atoms with Crippen molar-refractivity contribution in [1.82, 2.24) is 0 Å². The number of rotatable bonds is 5. The fourth-order valence-corrected chi connectivity index (χ4v) is 24.7. The monoisotopic (exact) mass is 756 g/mol. The molecule has 1 aliphatic carbocycles. The van der Waals surface area contributed by atoms with E-state index in [0.29, 0.717) is 5.92 Å². The van der Waals surface area contributed by atoms with Crippen molar-refractivity contribution < 1.29 is 17.9 Å². The number of hydrogen-bond donors (Lipinski definition) is 0. The summed E-state index contributed by atoms with van der Waals surface area (Å²) >= 11 is -4.11. The third kappa shape index (κ3) is 6.29. The predicted octanol–water partition coefficient (Wildman–Crippen LogP) is 10.6. The van der Waals surface area contributed by atoms with Crippen LogP contribution in [0.3, 0.4) is 0 Å². The van der Waals surface area contributed by atoms with Crippen molar-refractivity contribution >= 4 is 46.3 Å². The van der Waals surface area contributed by atoms with Crippen LogP contribution in [-0.2, 0) is 34.1 Å². The van der Waals surface area contributed by atoms with E-state index in [1.807, 2.05) is 0 Å². The number of hydrogen-bond acceptors (Lipinski definition) is 0. The van der Waals surface area contributed by atoms with Crippen LogP contribution in [0.15, 0.2) is 78.4 Å². The number of halogens is 2. The summed E-state index contributed by atoms with van der Waals surface area (Å²) in [6.07, 6.45) is 3.60. The molecule has 4 aromatic rings. The minimum absolute atomic E-state index is 0.0309. The molecule has 0 saturated heterocycles. The van der Waals surface area contributed by atoms with E-state index >= 15 is 0 Å².